The van der Waals surface area contributed by atoms with Crippen LogP contribution in [0.25, 0.3) is 0 Å². The number of piperazine rings is 1. The molecule has 0 amide bonds. The summed E-state index contributed by atoms with van der Waals surface area (Å²) in [6.07, 6.45) is 0.515. The van der Waals surface area contributed by atoms with Crippen LogP contribution in [-0.4, -0.2) is 54.7 Å². The van der Waals surface area contributed by atoms with Crippen LogP contribution < -0.4 is 10.6 Å². The standard InChI is InChI=1S/C14H21N3O2.2ClH/c15-7-6-13(14(18)19)17-10-8-16(9-11-17)12-4-2-1-3-5-12;;/h1-5,13H,6-11,15H2,(H,18,19);2*1H. The van der Waals surface area contributed by atoms with Crippen molar-refractivity contribution in [1.29, 1.82) is 0 Å². The molecular formula is C14H23Cl2N3O2. The van der Waals surface area contributed by atoms with E-state index >= 15 is 0 Å². The van der Waals surface area contributed by atoms with Crippen molar-refractivity contribution in [2.75, 3.05) is 37.6 Å². The van der Waals surface area contributed by atoms with Gasteiger partial charge in [-0.25, -0.2) is 0 Å². The number of carboxylic acids is 1. The first-order chi connectivity index (χ1) is 9.22. The third-order valence-corrected chi connectivity index (χ3v) is 3.60. The van der Waals surface area contributed by atoms with E-state index < -0.39 is 12.0 Å². The van der Waals surface area contributed by atoms with E-state index in [-0.39, 0.29) is 24.8 Å². The van der Waals surface area contributed by atoms with Crippen molar-refractivity contribution in [2.45, 2.75) is 12.5 Å². The van der Waals surface area contributed by atoms with Gasteiger partial charge in [0.05, 0.1) is 0 Å². The molecule has 1 fully saturated rings. The summed E-state index contributed by atoms with van der Waals surface area (Å²) in [5.74, 6) is -0.765. The second-order valence-electron chi connectivity index (χ2n) is 4.79. The summed E-state index contributed by atoms with van der Waals surface area (Å²) in [4.78, 5) is 15.5. The second-order valence-corrected chi connectivity index (χ2v) is 4.79. The molecule has 1 aliphatic heterocycles. The van der Waals surface area contributed by atoms with E-state index in [1.165, 1.54) is 5.69 Å². The fourth-order valence-corrected chi connectivity index (χ4v) is 2.55. The molecule has 1 unspecified atom stereocenters. The molecule has 0 saturated carbocycles. The zero-order valence-electron chi connectivity index (χ0n) is 11.9. The molecule has 3 N–H and O–H groups in total. The van der Waals surface area contributed by atoms with Crippen molar-refractivity contribution < 1.29 is 9.90 Å². The number of halogens is 2. The van der Waals surface area contributed by atoms with E-state index in [1.54, 1.807) is 0 Å². The molecule has 0 spiro atoms. The Bertz CT molecular complexity index is 412. The van der Waals surface area contributed by atoms with Gasteiger partial charge in [0, 0.05) is 31.9 Å². The number of aliphatic carboxylic acids is 1. The number of para-hydroxylation sites is 1. The molecule has 2 rings (SSSR count). The van der Waals surface area contributed by atoms with Gasteiger partial charge >= 0.3 is 5.97 Å². The van der Waals surface area contributed by atoms with E-state index in [0.717, 1.165) is 26.2 Å². The van der Waals surface area contributed by atoms with E-state index in [4.69, 9.17) is 5.73 Å². The van der Waals surface area contributed by atoms with Crippen molar-refractivity contribution in [2.24, 2.45) is 5.73 Å². The summed E-state index contributed by atoms with van der Waals surface area (Å²) < 4.78 is 0. The Morgan fingerprint density at radius 1 is 1.14 bits per heavy atom. The molecule has 5 nitrogen and oxygen atoms in total. The molecule has 0 aromatic heterocycles. The van der Waals surface area contributed by atoms with Crippen LogP contribution in [0.5, 0.6) is 0 Å². The minimum atomic E-state index is -0.765. The van der Waals surface area contributed by atoms with Crippen LogP contribution in [0.15, 0.2) is 30.3 Å². The lowest BCUT2D eigenvalue weighted by molar-refractivity contribution is -0.143. The van der Waals surface area contributed by atoms with E-state index in [2.05, 4.69) is 17.0 Å². The summed E-state index contributed by atoms with van der Waals surface area (Å²) in [7, 11) is 0. The van der Waals surface area contributed by atoms with Crippen molar-refractivity contribution in [1.82, 2.24) is 4.90 Å². The number of carboxylic acid groups (broad SMARTS) is 1. The largest absolute Gasteiger partial charge is 0.480 e. The molecule has 1 aromatic rings. The first-order valence-electron chi connectivity index (χ1n) is 6.69. The van der Waals surface area contributed by atoms with Gasteiger partial charge in [-0.3, -0.25) is 9.69 Å². The molecular weight excluding hydrogens is 313 g/mol. The number of hydrogen-bond acceptors (Lipinski definition) is 4. The topological polar surface area (TPSA) is 69.8 Å². The lowest BCUT2D eigenvalue weighted by Gasteiger charge is -2.38. The van der Waals surface area contributed by atoms with Gasteiger partial charge in [-0.05, 0) is 25.1 Å². The number of nitrogens with zero attached hydrogens (tertiary/aromatic N) is 2. The Labute approximate surface area is 137 Å². The monoisotopic (exact) mass is 335 g/mol. The number of carbonyl (C=O) groups is 1. The van der Waals surface area contributed by atoms with Crippen molar-refractivity contribution in [3.05, 3.63) is 30.3 Å². The summed E-state index contributed by atoms with van der Waals surface area (Å²) in [6, 6.07) is 9.78. The van der Waals surface area contributed by atoms with Crippen LogP contribution >= 0.6 is 24.8 Å². The summed E-state index contributed by atoms with van der Waals surface area (Å²) in [5, 5.41) is 9.23. The molecule has 0 aliphatic carbocycles. The molecule has 1 atom stereocenters. The Kier molecular flexibility index (Phi) is 9.37. The quantitative estimate of drug-likeness (QED) is 0.852. The highest BCUT2D eigenvalue weighted by Crippen LogP contribution is 2.17. The highest BCUT2D eigenvalue weighted by molar-refractivity contribution is 5.85. The third-order valence-electron chi connectivity index (χ3n) is 3.60. The summed E-state index contributed by atoms with van der Waals surface area (Å²) in [6.45, 7) is 3.67. The third kappa shape index (κ3) is 5.36. The van der Waals surface area contributed by atoms with Gasteiger partial charge in [-0.1, -0.05) is 18.2 Å². The Balaban J connectivity index is 0.00000200. The molecule has 1 heterocycles. The van der Waals surface area contributed by atoms with Gasteiger partial charge < -0.3 is 15.7 Å². The lowest BCUT2D eigenvalue weighted by atomic mass is 10.1. The van der Waals surface area contributed by atoms with Crippen molar-refractivity contribution >= 4 is 36.5 Å². The number of nitrogens with two attached hydrogens (primary N) is 1. The van der Waals surface area contributed by atoms with Gasteiger partial charge in [0.25, 0.3) is 0 Å². The van der Waals surface area contributed by atoms with Crippen LogP contribution in [0.2, 0.25) is 0 Å². The van der Waals surface area contributed by atoms with Crippen molar-refractivity contribution in [3.8, 4) is 0 Å². The van der Waals surface area contributed by atoms with Gasteiger partial charge in [-0.15, -0.1) is 24.8 Å². The maximum absolute atomic E-state index is 11.2. The summed E-state index contributed by atoms with van der Waals surface area (Å²) >= 11 is 0. The Morgan fingerprint density at radius 2 is 1.71 bits per heavy atom. The van der Waals surface area contributed by atoms with Crippen LogP contribution in [0, 0.1) is 0 Å². The number of benzene rings is 1. The smallest absolute Gasteiger partial charge is 0.320 e. The van der Waals surface area contributed by atoms with Crippen LogP contribution in [0.1, 0.15) is 6.42 Å². The molecule has 1 aromatic carbocycles. The number of anilines is 1. The maximum Gasteiger partial charge on any atom is 0.320 e. The van der Waals surface area contributed by atoms with Crippen LogP contribution in [0.4, 0.5) is 5.69 Å². The predicted molar refractivity (Wildman–Crippen MR) is 89.8 cm³/mol. The Morgan fingerprint density at radius 3 is 2.19 bits per heavy atom. The lowest BCUT2D eigenvalue weighted by Crippen LogP contribution is -2.53. The predicted octanol–water partition coefficient (Wildman–Crippen LogP) is 1.45. The molecule has 21 heavy (non-hydrogen) atoms. The van der Waals surface area contributed by atoms with Gasteiger partial charge in [0.15, 0.2) is 0 Å². The van der Waals surface area contributed by atoms with Gasteiger partial charge in [-0.2, -0.15) is 0 Å². The molecule has 0 radical (unpaired) electrons. The average Bonchev–Trinajstić information content (AvgIpc) is 2.46. The minimum Gasteiger partial charge on any atom is -0.480 e. The molecule has 0 bridgehead atoms. The first-order valence-corrected chi connectivity index (χ1v) is 6.69. The zero-order valence-corrected chi connectivity index (χ0v) is 13.5. The van der Waals surface area contributed by atoms with Crippen LogP contribution in [-0.2, 0) is 4.79 Å². The van der Waals surface area contributed by atoms with Gasteiger partial charge in [0.1, 0.15) is 6.04 Å². The molecule has 1 aliphatic rings. The first kappa shape index (κ1) is 20.0. The van der Waals surface area contributed by atoms with Gasteiger partial charge in [0.2, 0.25) is 0 Å². The molecule has 7 heteroatoms. The number of hydrogen-bond donors (Lipinski definition) is 2. The average molecular weight is 336 g/mol. The fraction of sp³-hybridized carbons (Fsp3) is 0.500. The molecule has 1 saturated heterocycles. The number of rotatable bonds is 5. The van der Waals surface area contributed by atoms with Crippen LogP contribution in [0.3, 0.4) is 0 Å². The maximum atomic E-state index is 11.2. The highest BCUT2D eigenvalue weighted by atomic mass is 35.5. The summed E-state index contributed by atoms with van der Waals surface area (Å²) in [5.41, 5.74) is 6.69. The zero-order chi connectivity index (χ0) is 13.7. The second kappa shape index (κ2) is 9.84. The fourth-order valence-electron chi connectivity index (χ4n) is 2.55. The minimum absolute atomic E-state index is 0. The Hall–Kier alpha value is -1.01. The van der Waals surface area contributed by atoms with E-state index in [9.17, 15) is 9.90 Å². The highest BCUT2D eigenvalue weighted by Gasteiger charge is 2.28. The van der Waals surface area contributed by atoms with E-state index in [1.807, 2.05) is 23.1 Å². The van der Waals surface area contributed by atoms with E-state index in [0.29, 0.717) is 13.0 Å². The van der Waals surface area contributed by atoms with Crippen molar-refractivity contribution in [3.63, 3.8) is 0 Å². The molecule has 120 valence electrons. The normalized spacial score (nSPS) is 16.5. The SMILES string of the molecule is Cl.Cl.NCCC(C(=O)O)N1CCN(c2ccccc2)CC1.